The van der Waals surface area contributed by atoms with Crippen LogP contribution in [0.15, 0.2) is 66.7 Å². The Kier molecular flexibility index (Phi) is 6.24. The second-order valence-electron chi connectivity index (χ2n) is 7.40. The first-order valence-electron chi connectivity index (χ1n) is 10.1. The first kappa shape index (κ1) is 20.3. The van der Waals surface area contributed by atoms with Crippen LogP contribution >= 0.6 is 11.6 Å². The van der Waals surface area contributed by atoms with E-state index in [0.29, 0.717) is 28.7 Å². The summed E-state index contributed by atoms with van der Waals surface area (Å²) in [6.07, 6.45) is 3.08. The summed E-state index contributed by atoms with van der Waals surface area (Å²) in [7, 11) is 1.57. The zero-order valence-electron chi connectivity index (χ0n) is 16.9. The Hall–Kier alpha value is -2.98. The lowest BCUT2D eigenvalue weighted by Crippen LogP contribution is -2.31. The smallest absolute Gasteiger partial charge is 0.251 e. The number of amides is 1. The van der Waals surface area contributed by atoms with Gasteiger partial charge in [-0.05, 0) is 66.3 Å². The van der Waals surface area contributed by atoms with E-state index in [1.165, 1.54) is 11.1 Å². The summed E-state index contributed by atoms with van der Waals surface area (Å²) in [4.78, 5) is 12.9. The molecule has 0 radical (unpaired) electrons. The Morgan fingerprint density at radius 1 is 1.07 bits per heavy atom. The summed E-state index contributed by atoms with van der Waals surface area (Å²) in [5.74, 6) is 1.01. The number of fused-ring (bicyclic) bond motifs is 1. The van der Waals surface area contributed by atoms with E-state index < -0.39 is 0 Å². The molecule has 0 spiro atoms. The Morgan fingerprint density at radius 2 is 1.87 bits per heavy atom. The molecule has 4 rings (SSSR count). The fourth-order valence-corrected chi connectivity index (χ4v) is 3.94. The third-order valence-electron chi connectivity index (χ3n) is 5.41. The average molecular weight is 422 g/mol. The number of halogens is 1. The summed E-state index contributed by atoms with van der Waals surface area (Å²) in [6.45, 7) is 0.387. The Morgan fingerprint density at radius 3 is 2.67 bits per heavy atom. The molecule has 0 fully saturated rings. The highest BCUT2D eigenvalue weighted by Crippen LogP contribution is 2.31. The van der Waals surface area contributed by atoms with E-state index in [-0.39, 0.29) is 11.9 Å². The number of carbonyl (C=O) groups is 1. The molecule has 154 valence electrons. The second kappa shape index (κ2) is 9.23. The minimum atomic E-state index is -0.112. The molecule has 0 aromatic heterocycles. The van der Waals surface area contributed by atoms with Crippen molar-refractivity contribution >= 4 is 17.5 Å². The number of aryl methyl sites for hydroxylation is 1. The summed E-state index contributed by atoms with van der Waals surface area (Å²) < 4.78 is 11.3. The van der Waals surface area contributed by atoms with Gasteiger partial charge in [-0.1, -0.05) is 48.0 Å². The number of hydrogen-bond donors (Lipinski definition) is 1. The molecule has 1 aliphatic carbocycles. The van der Waals surface area contributed by atoms with Crippen LogP contribution in [0.5, 0.6) is 11.5 Å². The van der Waals surface area contributed by atoms with E-state index in [1.807, 2.05) is 30.3 Å². The lowest BCUT2D eigenvalue weighted by Gasteiger charge is -2.26. The molecular weight excluding hydrogens is 398 g/mol. The standard InChI is InChI=1S/C25H24ClNO3/c1-29-24-15-19(11-14-23(24)30-16-17-9-12-20(26)13-10-17)25(28)27-22-8-4-6-18-5-2-3-7-21(18)22/h2-3,5,7,9-15,22H,4,6,8,16H2,1H3,(H,27,28). The van der Waals surface area contributed by atoms with Crippen LogP contribution in [0, 0.1) is 0 Å². The van der Waals surface area contributed by atoms with Crippen LogP contribution in [0.4, 0.5) is 0 Å². The van der Waals surface area contributed by atoms with Gasteiger partial charge < -0.3 is 14.8 Å². The molecule has 5 heteroatoms. The number of benzene rings is 3. The van der Waals surface area contributed by atoms with Gasteiger partial charge in [-0.25, -0.2) is 0 Å². The van der Waals surface area contributed by atoms with E-state index in [2.05, 4.69) is 23.5 Å². The molecular formula is C25H24ClNO3. The number of ether oxygens (including phenoxy) is 2. The molecule has 4 nitrogen and oxygen atoms in total. The van der Waals surface area contributed by atoms with Gasteiger partial charge in [-0.2, -0.15) is 0 Å². The van der Waals surface area contributed by atoms with Crippen molar-refractivity contribution in [1.82, 2.24) is 5.32 Å². The van der Waals surface area contributed by atoms with Crippen LogP contribution in [0.3, 0.4) is 0 Å². The molecule has 30 heavy (non-hydrogen) atoms. The monoisotopic (exact) mass is 421 g/mol. The SMILES string of the molecule is COc1cc(C(=O)NC2CCCc3ccccc32)ccc1OCc1ccc(Cl)cc1. The number of rotatable bonds is 6. The molecule has 0 heterocycles. The molecule has 3 aromatic rings. The zero-order valence-corrected chi connectivity index (χ0v) is 17.6. The van der Waals surface area contributed by atoms with Crippen LogP contribution in [0.2, 0.25) is 5.02 Å². The zero-order chi connectivity index (χ0) is 20.9. The fourth-order valence-electron chi connectivity index (χ4n) is 3.82. The summed E-state index contributed by atoms with van der Waals surface area (Å²) >= 11 is 5.92. The second-order valence-corrected chi connectivity index (χ2v) is 7.83. The van der Waals surface area contributed by atoms with Crippen molar-refractivity contribution < 1.29 is 14.3 Å². The number of carbonyl (C=O) groups excluding carboxylic acids is 1. The van der Waals surface area contributed by atoms with Gasteiger partial charge in [0.2, 0.25) is 0 Å². The van der Waals surface area contributed by atoms with Gasteiger partial charge in [0.05, 0.1) is 13.2 Å². The number of methoxy groups -OCH3 is 1. The third kappa shape index (κ3) is 4.60. The lowest BCUT2D eigenvalue weighted by atomic mass is 9.87. The number of nitrogens with one attached hydrogen (secondary N) is 1. The predicted octanol–water partition coefficient (Wildman–Crippen LogP) is 5.74. The van der Waals surface area contributed by atoms with Crippen LogP contribution in [-0.4, -0.2) is 13.0 Å². The molecule has 1 amide bonds. The van der Waals surface area contributed by atoms with Gasteiger partial charge in [0.25, 0.3) is 5.91 Å². The molecule has 1 unspecified atom stereocenters. The van der Waals surface area contributed by atoms with E-state index >= 15 is 0 Å². The predicted molar refractivity (Wildman–Crippen MR) is 118 cm³/mol. The molecule has 0 aliphatic heterocycles. The van der Waals surface area contributed by atoms with Gasteiger partial charge in [0.15, 0.2) is 11.5 Å². The van der Waals surface area contributed by atoms with Crippen molar-refractivity contribution in [2.75, 3.05) is 7.11 Å². The quantitative estimate of drug-likeness (QED) is 0.552. The van der Waals surface area contributed by atoms with Crippen LogP contribution in [-0.2, 0) is 13.0 Å². The normalized spacial score (nSPS) is 15.2. The van der Waals surface area contributed by atoms with Crippen molar-refractivity contribution in [1.29, 1.82) is 0 Å². The van der Waals surface area contributed by atoms with E-state index in [9.17, 15) is 4.79 Å². The summed E-state index contributed by atoms with van der Waals surface area (Å²) in [5.41, 5.74) is 4.08. The third-order valence-corrected chi connectivity index (χ3v) is 5.66. The highest BCUT2D eigenvalue weighted by molar-refractivity contribution is 6.30. The van der Waals surface area contributed by atoms with E-state index in [4.69, 9.17) is 21.1 Å². The van der Waals surface area contributed by atoms with E-state index in [0.717, 1.165) is 24.8 Å². The lowest BCUT2D eigenvalue weighted by molar-refractivity contribution is 0.0932. The minimum Gasteiger partial charge on any atom is -0.493 e. The van der Waals surface area contributed by atoms with Gasteiger partial charge in [0.1, 0.15) is 6.61 Å². The molecule has 1 aliphatic rings. The van der Waals surface area contributed by atoms with Crippen LogP contribution < -0.4 is 14.8 Å². The Balaban J connectivity index is 1.46. The molecule has 1 N–H and O–H groups in total. The van der Waals surface area contributed by atoms with Gasteiger partial charge in [-0.15, -0.1) is 0 Å². The van der Waals surface area contributed by atoms with Crippen molar-refractivity contribution in [3.8, 4) is 11.5 Å². The van der Waals surface area contributed by atoms with Gasteiger partial charge in [0, 0.05) is 10.6 Å². The highest BCUT2D eigenvalue weighted by atomic mass is 35.5. The average Bonchev–Trinajstić information content (AvgIpc) is 2.79. The maximum Gasteiger partial charge on any atom is 0.251 e. The minimum absolute atomic E-state index is 0.0364. The topological polar surface area (TPSA) is 47.6 Å². The van der Waals surface area contributed by atoms with Gasteiger partial charge >= 0.3 is 0 Å². The Labute approximate surface area is 181 Å². The largest absolute Gasteiger partial charge is 0.493 e. The molecule has 0 bridgehead atoms. The highest BCUT2D eigenvalue weighted by Gasteiger charge is 2.22. The maximum atomic E-state index is 12.9. The summed E-state index contributed by atoms with van der Waals surface area (Å²) in [5, 5.41) is 3.86. The molecule has 1 atom stereocenters. The van der Waals surface area contributed by atoms with Crippen molar-refractivity contribution in [2.45, 2.75) is 31.9 Å². The van der Waals surface area contributed by atoms with Crippen molar-refractivity contribution in [3.63, 3.8) is 0 Å². The maximum absolute atomic E-state index is 12.9. The first-order valence-corrected chi connectivity index (χ1v) is 10.5. The van der Waals surface area contributed by atoms with E-state index in [1.54, 1.807) is 25.3 Å². The number of hydrogen-bond acceptors (Lipinski definition) is 3. The molecule has 0 saturated heterocycles. The fraction of sp³-hybridized carbons (Fsp3) is 0.240. The van der Waals surface area contributed by atoms with Crippen LogP contribution in [0.1, 0.15) is 45.9 Å². The Bertz CT molecular complexity index is 1030. The van der Waals surface area contributed by atoms with Crippen molar-refractivity contribution in [2.24, 2.45) is 0 Å². The molecule has 3 aromatic carbocycles. The first-order chi connectivity index (χ1) is 14.6. The van der Waals surface area contributed by atoms with Crippen LogP contribution in [0.25, 0.3) is 0 Å². The van der Waals surface area contributed by atoms with Crippen molar-refractivity contribution in [3.05, 3.63) is 94.0 Å². The van der Waals surface area contributed by atoms with Gasteiger partial charge in [-0.3, -0.25) is 4.79 Å². The molecule has 0 saturated carbocycles. The summed E-state index contributed by atoms with van der Waals surface area (Å²) in [6, 6.07) is 21.1.